The van der Waals surface area contributed by atoms with Crippen LogP contribution in [0.3, 0.4) is 0 Å². The van der Waals surface area contributed by atoms with Crippen molar-refractivity contribution in [1.29, 1.82) is 0 Å². The van der Waals surface area contributed by atoms with Crippen molar-refractivity contribution < 1.29 is 9.31 Å². The van der Waals surface area contributed by atoms with E-state index in [1.165, 1.54) is 17.2 Å². The highest BCUT2D eigenvalue weighted by Gasteiger charge is 2.21. The summed E-state index contributed by atoms with van der Waals surface area (Å²) in [5.74, 6) is 0. The van der Waals surface area contributed by atoms with Gasteiger partial charge in [0.15, 0.2) is 0 Å². The molecule has 2 fully saturated rings. The van der Waals surface area contributed by atoms with Crippen molar-refractivity contribution in [3.05, 3.63) is 35.8 Å². The van der Waals surface area contributed by atoms with Gasteiger partial charge in [0.1, 0.15) is 6.54 Å². The van der Waals surface area contributed by atoms with Crippen LogP contribution in [0, 0.1) is 12.5 Å². The second-order valence-electron chi connectivity index (χ2n) is 4.54. The van der Waals surface area contributed by atoms with Crippen molar-refractivity contribution in [1.82, 2.24) is 5.32 Å². The van der Waals surface area contributed by atoms with E-state index in [0.29, 0.717) is 6.04 Å². The summed E-state index contributed by atoms with van der Waals surface area (Å²) in [4.78, 5) is 0. The van der Waals surface area contributed by atoms with Gasteiger partial charge in [0, 0.05) is 6.04 Å². The molecule has 0 unspecified atom stereocenters. The Labute approximate surface area is 96.5 Å². The van der Waals surface area contributed by atoms with Crippen LogP contribution in [-0.4, -0.2) is 43.6 Å². The Kier molecular flexibility index (Phi) is 2.50. The lowest BCUT2D eigenvalue weighted by Crippen LogP contribution is -2.46. The average Bonchev–Trinajstić information content (AvgIpc) is 2.60. The molecule has 1 aliphatic carbocycles. The van der Waals surface area contributed by atoms with Crippen LogP contribution in [0.4, 0.5) is 0 Å². The molecule has 2 heterocycles. The molecule has 0 amide bonds. The summed E-state index contributed by atoms with van der Waals surface area (Å²) in [6, 6.07) is 1.84. The van der Waals surface area contributed by atoms with Crippen LogP contribution in [0.15, 0.2) is 23.3 Å². The van der Waals surface area contributed by atoms with Crippen molar-refractivity contribution in [2.24, 2.45) is 0 Å². The lowest BCUT2D eigenvalue weighted by molar-refractivity contribution is -0.475. The minimum absolute atomic E-state index is 0.549. The van der Waals surface area contributed by atoms with Gasteiger partial charge in [-0.25, -0.2) is 18.1 Å². The first kappa shape index (κ1) is 10.00. The molecule has 0 bridgehead atoms. The van der Waals surface area contributed by atoms with Crippen molar-refractivity contribution >= 4 is 6.72 Å². The molecule has 86 valence electrons. The summed E-state index contributed by atoms with van der Waals surface area (Å²) in [5, 5.41) is 3.52. The maximum atomic E-state index is 5.15. The lowest BCUT2D eigenvalue weighted by Gasteiger charge is -2.34. The molecule has 3 rings (SSSR count). The van der Waals surface area contributed by atoms with Crippen molar-refractivity contribution in [2.45, 2.75) is 12.5 Å². The largest absolute Gasteiger partial charge is 0.378 e. The molecule has 2 aliphatic heterocycles. The van der Waals surface area contributed by atoms with Gasteiger partial charge in [-0.2, -0.15) is 11.6 Å². The Bertz CT molecular complexity index is 366. The van der Waals surface area contributed by atoms with E-state index >= 15 is 0 Å². The predicted octanol–water partition coefficient (Wildman–Crippen LogP) is 0.694. The molecule has 0 aromatic heterocycles. The van der Waals surface area contributed by atoms with E-state index < -0.39 is 0 Å². The highest BCUT2D eigenvalue weighted by atomic mass is 16.5. The molecule has 0 aromatic carbocycles. The Morgan fingerprint density at radius 1 is 1.62 bits per heavy atom. The second-order valence-corrected chi connectivity index (χ2v) is 4.54. The minimum Gasteiger partial charge on any atom is -0.378 e. The minimum atomic E-state index is 0.549. The summed E-state index contributed by atoms with van der Waals surface area (Å²) in [6.45, 7) is 7.74. The fourth-order valence-corrected chi connectivity index (χ4v) is 2.35. The highest BCUT2D eigenvalue weighted by molar-refractivity contribution is 5.47. The molecule has 2 saturated heterocycles. The third-order valence-electron chi connectivity index (χ3n) is 3.44. The molecule has 0 atom stereocenters. The van der Waals surface area contributed by atoms with Gasteiger partial charge in [0.25, 0.3) is 0 Å². The van der Waals surface area contributed by atoms with E-state index in [-0.39, 0.29) is 0 Å². The molecule has 0 saturated carbocycles. The Balaban J connectivity index is 1.68. The summed E-state index contributed by atoms with van der Waals surface area (Å²) >= 11 is 0. The molecule has 0 spiro atoms. The van der Waals surface area contributed by atoms with Gasteiger partial charge in [-0.15, -0.1) is 0 Å². The third kappa shape index (κ3) is 1.66. The molecule has 0 aromatic rings. The van der Waals surface area contributed by atoms with E-state index in [9.17, 15) is 0 Å². The lowest BCUT2D eigenvalue weighted by atomic mass is 9.93. The molecule has 3 nitrogen and oxygen atoms in total. The van der Waals surface area contributed by atoms with Crippen LogP contribution in [0.25, 0.3) is 0 Å². The van der Waals surface area contributed by atoms with Crippen LogP contribution >= 0.6 is 0 Å². The summed E-state index contributed by atoms with van der Waals surface area (Å²) in [5.41, 5.74) is 2.88. The van der Waals surface area contributed by atoms with E-state index in [1.54, 1.807) is 0 Å². The fourth-order valence-electron chi connectivity index (χ4n) is 2.35. The molecular weight excluding hydrogens is 200 g/mol. The first-order chi connectivity index (χ1) is 7.84. The van der Waals surface area contributed by atoms with Crippen LogP contribution in [-0.2, 0) is 4.74 Å². The number of allylic oxidation sites excluding steroid dienone is 1. The van der Waals surface area contributed by atoms with Gasteiger partial charge in [0.05, 0.1) is 26.0 Å². The molecule has 16 heavy (non-hydrogen) atoms. The zero-order valence-corrected chi connectivity index (χ0v) is 9.41. The van der Waals surface area contributed by atoms with Crippen LogP contribution < -0.4 is 5.32 Å². The SMILES string of the molecule is C=[N+]1CCC2=C(CNC3COC3)[CH-]C=C[C-]21. The standard InChI is InChI=1S/C13H17N2O/c1-15-6-5-12-10(3-2-4-13(12)15)7-14-11-8-16-9-11/h2-4,11,14H,1,5-9H2/q-1. The van der Waals surface area contributed by atoms with Gasteiger partial charge in [-0.05, 0) is 13.0 Å². The van der Waals surface area contributed by atoms with Crippen LogP contribution in [0.1, 0.15) is 6.42 Å². The number of ether oxygens (including phenoxy) is 1. The highest BCUT2D eigenvalue weighted by Crippen LogP contribution is 2.33. The molecule has 1 N–H and O–H groups in total. The van der Waals surface area contributed by atoms with Crippen LogP contribution in [0.2, 0.25) is 0 Å². The molecular formula is C13H17N2O-. The zero-order valence-electron chi connectivity index (χ0n) is 9.41. The van der Waals surface area contributed by atoms with Crippen molar-refractivity contribution in [3.8, 4) is 0 Å². The van der Waals surface area contributed by atoms with Crippen LogP contribution in [0.5, 0.6) is 0 Å². The number of hydrogen-bond acceptors (Lipinski definition) is 2. The normalized spacial score (nSPS) is 24.5. The summed E-state index contributed by atoms with van der Waals surface area (Å²) < 4.78 is 7.24. The van der Waals surface area contributed by atoms with Gasteiger partial charge in [0.2, 0.25) is 0 Å². The second kappa shape index (κ2) is 4.00. The zero-order chi connectivity index (χ0) is 11.0. The Morgan fingerprint density at radius 3 is 3.25 bits per heavy atom. The van der Waals surface area contributed by atoms with Gasteiger partial charge >= 0.3 is 0 Å². The van der Waals surface area contributed by atoms with Crippen molar-refractivity contribution in [3.63, 3.8) is 0 Å². The van der Waals surface area contributed by atoms with E-state index in [0.717, 1.165) is 32.7 Å². The fraction of sp³-hybridized carbons (Fsp3) is 0.462. The van der Waals surface area contributed by atoms with Crippen molar-refractivity contribution in [2.75, 3.05) is 26.3 Å². The summed E-state index contributed by atoms with van der Waals surface area (Å²) in [6.07, 6.45) is 7.62. The van der Waals surface area contributed by atoms with E-state index in [1.807, 2.05) is 0 Å². The number of nitrogens with one attached hydrogen (secondary N) is 1. The summed E-state index contributed by atoms with van der Waals surface area (Å²) in [7, 11) is 0. The molecule has 0 radical (unpaired) electrons. The van der Waals surface area contributed by atoms with Gasteiger partial charge in [-0.3, -0.25) is 0 Å². The van der Waals surface area contributed by atoms with Gasteiger partial charge in [-0.1, -0.05) is 0 Å². The first-order valence-electron chi connectivity index (χ1n) is 5.84. The topological polar surface area (TPSA) is 24.3 Å². The number of hydrogen-bond donors (Lipinski definition) is 1. The predicted molar refractivity (Wildman–Crippen MR) is 63.2 cm³/mol. The number of rotatable bonds is 3. The van der Waals surface area contributed by atoms with E-state index in [4.69, 9.17) is 4.74 Å². The first-order valence-corrected chi connectivity index (χ1v) is 5.84. The Morgan fingerprint density at radius 2 is 2.50 bits per heavy atom. The molecule has 3 aliphatic rings. The van der Waals surface area contributed by atoms with E-state index in [2.05, 4.69) is 35.2 Å². The maximum Gasteiger partial charge on any atom is 0.121 e. The average molecular weight is 217 g/mol. The number of fused-ring (bicyclic) bond motifs is 1. The molecule has 3 heteroatoms. The van der Waals surface area contributed by atoms with Gasteiger partial charge < -0.3 is 14.6 Å². The Hall–Kier alpha value is -1.19. The number of nitrogens with zero attached hydrogens (tertiary/aromatic N) is 1. The quantitative estimate of drug-likeness (QED) is 0.556. The monoisotopic (exact) mass is 217 g/mol. The maximum absolute atomic E-state index is 5.15. The smallest absolute Gasteiger partial charge is 0.121 e. The third-order valence-corrected chi connectivity index (χ3v) is 3.44.